The Hall–Kier alpha value is -2.38. The van der Waals surface area contributed by atoms with Gasteiger partial charge in [-0.1, -0.05) is 18.2 Å². The number of nitrogens with one attached hydrogen (secondary N) is 1. The van der Waals surface area contributed by atoms with E-state index in [0.717, 1.165) is 44.1 Å². The van der Waals surface area contributed by atoms with Gasteiger partial charge in [-0.05, 0) is 24.6 Å². The van der Waals surface area contributed by atoms with Gasteiger partial charge in [-0.25, -0.2) is 4.79 Å². The molecule has 2 aromatic rings. The molecule has 26 heavy (non-hydrogen) atoms. The zero-order valence-electron chi connectivity index (χ0n) is 15.3. The van der Waals surface area contributed by atoms with Crippen molar-refractivity contribution in [1.82, 2.24) is 19.6 Å². The lowest BCUT2D eigenvalue weighted by Crippen LogP contribution is -2.38. The number of ether oxygens (including phenoxy) is 1. The molecule has 2 heterocycles. The van der Waals surface area contributed by atoms with E-state index in [1.165, 1.54) is 0 Å². The first kappa shape index (κ1) is 18.4. The molecule has 3 rings (SSSR count). The number of carbonyl (C=O) groups is 1. The second kappa shape index (κ2) is 9.35. The van der Waals surface area contributed by atoms with E-state index < -0.39 is 0 Å². The second-order valence-corrected chi connectivity index (χ2v) is 6.32. The van der Waals surface area contributed by atoms with Crippen molar-refractivity contribution in [2.75, 3.05) is 44.7 Å². The number of likely N-dealkylation sites (N-methyl/N-ethyl adjacent to an activating group) is 1. The van der Waals surface area contributed by atoms with Crippen molar-refractivity contribution in [3.8, 4) is 0 Å². The van der Waals surface area contributed by atoms with Gasteiger partial charge in [-0.3, -0.25) is 9.58 Å². The summed E-state index contributed by atoms with van der Waals surface area (Å²) in [6.07, 6.45) is 3.65. The molecule has 0 bridgehead atoms. The first-order valence-corrected chi connectivity index (χ1v) is 9.17. The molecule has 1 aliphatic rings. The lowest BCUT2D eigenvalue weighted by Gasteiger charge is -2.28. The molecule has 1 fully saturated rings. The number of rotatable bonds is 7. The molecule has 7 heteroatoms. The predicted octanol–water partition coefficient (Wildman–Crippen LogP) is 2.27. The standard InChI is InChI=1S/C19H27N5O2/c1-2-23(10-11-24-9-5-8-20-24)19(25)21-18-7-4-3-6-17(18)16-22-12-14-26-15-13-22/h3-9H,2,10-16H2,1H3,(H,21,25). The van der Waals surface area contributed by atoms with Crippen molar-refractivity contribution in [1.29, 1.82) is 0 Å². The number of nitrogens with zero attached hydrogens (tertiary/aromatic N) is 4. The van der Waals surface area contributed by atoms with Gasteiger partial charge < -0.3 is 15.0 Å². The van der Waals surface area contributed by atoms with E-state index in [1.54, 1.807) is 11.1 Å². The maximum absolute atomic E-state index is 12.7. The van der Waals surface area contributed by atoms with E-state index >= 15 is 0 Å². The zero-order chi connectivity index (χ0) is 18.2. The third-order valence-corrected chi connectivity index (χ3v) is 4.58. The van der Waals surface area contributed by atoms with Gasteiger partial charge in [0.05, 0.1) is 19.8 Å². The van der Waals surface area contributed by atoms with Crippen molar-refractivity contribution in [3.05, 3.63) is 48.3 Å². The minimum Gasteiger partial charge on any atom is -0.379 e. The molecule has 2 amide bonds. The normalized spacial score (nSPS) is 15.0. The summed E-state index contributed by atoms with van der Waals surface area (Å²) < 4.78 is 7.25. The van der Waals surface area contributed by atoms with Crippen LogP contribution in [0.2, 0.25) is 0 Å². The van der Waals surface area contributed by atoms with Crippen LogP contribution < -0.4 is 5.32 Å². The summed E-state index contributed by atoms with van der Waals surface area (Å²) in [5.74, 6) is 0. The van der Waals surface area contributed by atoms with Gasteiger partial charge in [0.2, 0.25) is 0 Å². The molecule has 1 saturated heterocycles. The molecule has 1 aliphatic heterocycles. The number of para-hydroxylation sites is 1. The summed E-state index contributed by atoms with van der Waals surface area (Å²) in [7, 11) is 0. The third-order valence-electron chi connectivity index (χ3n) is 4.58. The second-order valence-electron chi connectivity index (χ2n) is 6.32. The number of hydrogen-bond acceptors (Lipinski definition) is 4. The van der Waals surface area contributed by atoms with E-state index in [0.29, 0.717) is 19.6 Å². The van der Waals surface area contributed by atoms with Crippen LogP contribution in [0, 0.1) is 0 Å². The first-order valence-electron chi connectivity index (χ1n) is 9.17. The van der Waals surface area contributed by atoms with Crippen LogP contribution in [-0.2, 0) is 17.8 Å². The van der Waals surface area contributed by atoms with Gasteiger partial charge in [0.1, 0.15) is 0 Å². The molecule has 1 aromatic carbocycles. The van der Waals surface area contributed by atoms with Crippen molar-refractivity contribution < 1.29 is 9.53 Å². The largest absolute Gasteiger partial charge is 0.379 e. The highest BCUT2D eigenvalue weighted by Gasteiger charge is 2.16. The lowest BCUT2D eigenvalue weighted by atomic mass is 10.1. The number of amides is 2. The number of aromatic nitrogens is 2. The van der Waals surface area contributed by atoms with E-state index in [-0.39, 0.29) is 6.03 Å². The quantitative estimate of drug-likeness (QED) is 0.826. The molecule has 0 spiro atoms. The van der Waals surface area contributed by atoms with Crippen molar-refractivity contribution in [2.24, 2.45) is 0 Å². The predicted molar refractivity (Wildman–Crippen MR) is 101 cm³/mol. The number of benzene rings is 1. The average Bonchev–Trinajstić information content (AvgIpc) is 3.18. The van der Waals surface area contributed by atoms with Crippen LogP contribution >= 0.6 is 0 Å². The van der Waals surface area contributed by atoms with E-state index in [2.05, 4.69) is 21.4 Å². The summed E-state index contributed by atoms with van der Waals surface area (Å²) >= 11 is 0. The van der Waals surface area contributed by atoms with Crippen molar-refractivity contribution >= 4 is 11.7 Å². The smallest absolute Gasteiger partial charge is 0.321 e. The zero-order valence-corrected chi connectivity index (χ0v) is 15.3. The minimum atomic E-state index is -0.0749. The number of urea groups is 1. The first-order chi connectivity index (χ1) is 12.8. The lowest BCUT2D eigenvalue weighted by molar-refractivity contribution is 0.0342. The summed E-state index contributed by atoms with van der Waals surface area (Å²) in [5, 5.41) is 7.27. The highest BCUT2D eigenvalue weighted by Crippen LogP contribution is 2.18. The molecule has 1 N–H and O–H groups in total. The fourth-order valence-electron chi connectivity index (χ4n) is 3.03. The van der Waals surface area contributed by atoms with Crippen LogP contribution in [-0.4, -0.2) is 65.0 Å². The van der Waals surface area contributed by atoms with Gasteiger partial charge in [-0.15, -0.1) is 0 Å². The highest BCUT2D eigenvalue weighted by molar-refractivity contribution is 5.90. The molecule has 7 nitrogen and oxygen atoms in total. The topological polar surface area (TPSA) is 62.6 Å². The van der Waals surface area contributed by atoms with Crippen LogP contribution in [0.25, 0.3) is 0 Å². The third kappa shape index (κ3) is 5.06. The van der Waals surface area contributed by atoms with E-state index in [9.17, 15) is 4.79 Å². The Kier molecular flexibility index (Phi) is 6.62. The molecule has 0 aliphatic carbocycles. The number of hydrogen-bond donors (Lipinski definition) is 1. The summed E-state index contributed by atoms with van der Waals surface area (Å²) in [4.78, 5) is 16.8. The Bertz CT molecular complexity index is 683. The summed E-state index contributed by atoms with van der Waals surface area (Å²) in [6.45, 7) is 8.15. The molecule has 0 atom stereocenters. The maximum Gasteiger partial charge on any atom is 0.321 e. The maximum atomic E-state index is 12.7. The molecule has 0 radical (unpaired) electrons. The van der Waals surface area contributed by atoms with Gasteiger partial charge in [0.25, 0.3) is 0 Å². The van der Waals surface area contributed by atoms with Crippen LogP contribution in [0.1, 0.15) is 12.5 Å². The highest BCUT2D eigenvalue weighted by atomic mass is 16.5. The summed E-state index contributed by atoms with van der Waals surface area (Å²) in [5.41, 5.74) is 2.01. The minimum absolute atomic E-state index is 0.0749. The Morgan fingerprint density at radius 3 is 2.81 bits per heavy atom. The van der Waals surface area contributed by atoms with E-state index in [4.69, 9.17) is 4.74 Å². The molecule has 140 valence electrons. The molecule has 0 saturated carbocycles. The Balaban J connectivity index is 1.60. The average molecular weight is 357 g/mol. The molecular formula is C19H27N5O2. The Morgan fingerprint density at radius 2 is 2.08 bits per heavy atom. The SMILES string of the molecule is CCN(CCn1cccn1)C(=O)Nc1ccccc1CN1CCOCC1. The number of morpholine rings is 1. The van der Waals surface area contributed by atoms with Gasteiger partial charge in [0.15, 0.2) is 0 Å². The fraction of sp³-hybridized carbons (Fsp3) is 0.474. The molecular weight excluding hydrogens is 330 g/mol. The van der Waals surface area contributed by atoms with Gasteiger partial charge >= 0.3 is 6.03 Å². The van der Waals surface area contributed by atoms with Gasteiger partial charge in [0, 0.05) is 50.8 Å². The van der Waals surface area contributed by atoms with Crippen LogP contribution in [0.4, 0.5) is 10.5 Å². The van der Waals surface area contributed by atoms with E-state index in [1.807, 2.05) is 42.1 Å². The van der Waals surface area contributed by atoms with Crippen LogP contribution in [0.5, 0.6) is 0 Å². The van der Waals surface area contributed by atoms with Crippen LogP contribution in [0.3, 0.4) is 0 Å². The molecule has 1 aromatic heterocycles. The number of carbonyl (C=O) groups excluding carboxylic acids is 1. The van der Waals surface area contributed by atoms with Crippen molar-refractivity contribution in [2.45, 2.75) is 20.0 Å². The Labute approximate surface area is 154 Å². The van der Waals surface area contributed by atoms with Gasteiger partial charge in [-0.2, -0.15) is 5.10 Å². The van der Waals surface area contributed by atoms with Crippen molar-refractivity contribution in [3.63, 3.8) is 0 Å². The fourth-order valence-corrected chi connectivity index (χ4v) is 3.03. The number of anilines is 1. The Morgan fingerprint density at radius 1 is 1.27 bits per heavy atom. The monoisotopic (exact) mass is 357 g/mol. The van der Waals surface area contributed by atoms with Crippen LogP contribution in [0.15, 0.2) is 42.7 Å². The molecule has 0 unspecified atom stereocenters. The summed E-state index contributed by atoms with van der Waals surface area (Å²) in [6, 6.07) is 9.83.